The minimum atomic E-state index is -0.0664. The number of hydrogen-bond acceptors (Lipinski definition) is 4. The van der Waals surface area contributed by atoms with Crippen molar-refractivity contribution in [2.75, 3.05) is 13.2 Å². The number of rotatable bonds is 9. The Hall–Kier alpha value is -2.72. The molecule has 25 heavy (non-hydrogen) atoms. The summed E-state index contributed by atoms with van der Waals surface area (Å²) in [4.78, 5) is 22.4. The number of allylic oxidation sites excluding steroid dienone is 3. The second-order valence-electron chi connectivity index (χ2n) is 5.78. The Morgan fingerprint density at radius 1 is 1.16 bits per heavy atom. The summed E-state index contributed by atoms with van der Waals surface area (Å²) in [5.41, 5.74) is 3.48. The molecule has 132 valence electrons. The zero-order valence-corrected chi connectivity index (χ0v) is 15.0. The largest absolute Gasteiger partial charge is 0.508 e. The van der Waals surface area contributed by atoms with Gasteiger partial charge in [0.2, 0.25) is 0 Å². The summed E-state index contributed by atoms with van der Waals surface area (Å²) in [7, 11) is 0. The second kappa shape index (κ2) is 9.55. The van der Waals surface area contributed by atoms with Crippen LogP contribution in [-0.2, 0) is 9.53 Å². The average Bonchev–Trinajstić information content (AvgIpc) is 2.57. The van der Waals surface area contributed by atoms with E-state index in [1.54, 1.807) is 31.2 Å². The van der Waals surface area contributed by atoms with Gasteiger partial charge in [-0.05, 0) is 55.2 Å². The summed E-state index contributed by atoms with van der Waals surface area (Å²) >= 11 is 0. The van der Waals surface area contributed by atoms with Gasteiger partial charge >= 0.3 is 0 Å². The van der Waals surface area contributed by atoms with Crippen LogP contribution in [0, 0.1) is 0 Å². The molecule has 0 saturated carbocycles. The average molecular weight is 340 g/mol. The molecule has 0 radical (unpaired) electrons. The zero-order valence-electron chi connectivity index (χ0n) is 15.0. The molecule has 0 saturated heterocycles. The molecule has 0 unspecified atom stereocenters. The molecule has 0 aliphatic heterocycles. The highest BCUT2D eigenvalue weighted by atomic mass is 16.5. The number of ether oxygens (including phenoxy) is 1. The monoisotopic (exact) mass is 340 g/mol. The first-order valence-electron chi connectivity index (χ1n) is 7.87. The maximum atomic E-state index is 11.6. The van der Waals surface area contributed by atoms with Crippen molar-refractivity contribution in [1.29, 1.82) is 0 Å². The highest BCUT2D eigenvalue weighted by Gasteiger charge is 2.07. The molecule has 1 aromatic rings. The van der Waals surface area contributed by atoms with Gasteiger partial charge < -0.3 is 9.84 Å². The van der Waals surface area contributed by atoms with Gasteiger partial charge in [-0.15, -0.1) is 0 Å². The maximum absolute atomic E-state index is 11.6. The van der Waals surface area contributed by atoms with E-state index >= 15 is 0 Å². The molecule has 0 amide bonds. The molecular weight excluding hydrogens is 316 g/mol. The SMILES string of the molecule is C=Cc1cc(C(=C)/C=C\C(O)=C(\C)COCC(C)=O)ccc1C(C)=O. The molecule has 1 rings (SSSR count). The van der Waals surface area contributed by atoms with Gasteiger partial charge in [-0.3, -0.25) is 9.59 Å². The summed E-state index contributed by atoms with van der Waals surface area (Å²) < 4.78 is 5.17. The Morgan fingerprint density at radius 3 is 2.40 bits per heavy atom. The lowest BCUT2D eigenvalue weighted by Gasteiger charge is -2.07. The van der Waals surface area contributed by atoms with Crippen molar-refractivity contribution < 1.29 is 19.4 Å². The van der Waals surface area contributed by atoms with Crippen molar-refractivity contribution in [3.63, 3.8) is 0 Å². The number of ketones is 2. The Morgan fingerprint density at radius 2 is 1.84 bits per heavy atom. The predicted molar refractivity (Wildman–Crippen MR) is 102 cm³/mol. The third-order valence-corrected chi connectivity index (χ3v) is 3.53. The molecule has 0 aromatic heterocycles. The number of hydrogen-bond donors (Lipinski definition) is 1. The van der Waals surface area contributed by atoms with E-state index in [2.05, 4.69) is 13.2 Å². The highest BCUT2D eigenvalue weighted by molar-refractivity contribution is 5.98. The maximum Gasteiger partial charge on any atom is 0.160 e. The molecule has 1 N–H and O–H groups in total. The molecule has 0 atom stereocenters. The minimum absolute atomic E-state index is 0.0217. The number of benzene rings is 1. The summed E-state index contributed by atoms with van der Waals surface area (Å²) in [5, 5.41) is 10.0. The summed E-state index contributed by atoms with van der Waals surface area (Å²) in [6, 6.07) is 5.38. The van der Waals surface area contributed by atoms with Crippen molar-refractivity contribution in [1.82, 2.24) is 0 Å². The first-order valence-corrected chi connectivity index (χ1v) is 7.87. The van der Waals surface area contributed by atoms with Crippen LogP contribution in [0.1, 0.15) is 42.3 Å². The fraction of sp³-hybridized carbons (Fsp3) is 0.238. The van der Waals surface area contributed by atoms with E-state index in [0.717, 1.165) is 11.1 Å². The normalized spacial score (nSPS) is 12.0. The van der Waals surface area contributed by atoms with Crippen molar-refractivity contribution >= 4 is 23.2 Å². The number of aliphatic hydroxyl groups is 1. The standard InChI is InChI=1S/C21H24O4/c1-6-18-11-19(8-9-20(18)17(5)23)14(2)7-10-21(24)15(3)12-25-13-16(4)22/h6-11,24H,1-2,12-13H2,3-5H3/b10-7-,21-15+. The third kappa shape index (κ3) is 6.36. The van der Waals surface area contributed by atoms with Crippen molar-refractivity contribution in [3.8, 4) is 0 Å². The smallest absolute Gasteiger partial charge is 0.160 e. The Labute approximate surface area is 148 Å². The van der Waals surface area contributed by atoms with Gasteiger partial charge in [0.25, 0.3) is 0 Å². The zero-order chi connectivity index (χ0) is 19.0. The van der Waals surface area contributed by atoms with Crippen LogP contribution in [0.3, 0.4) is 0 Å². The lowest BCUT2D eigenvalue weighted by molar-refractivity contribution is -0.121. The lowest BCUT2D eigenvalue weighted by atomic mass is 9.97. The molecule has 4 nitrogen and oxygen atoms in total. The van der Waals surface area contributed by atoms with Crippen molar-refractivity contribution in [3.05, 3.63) is 71.5 Å². The number of carbonyl (C=O) groups excluding carboxylic acids is 2. The summed E-state index contributed by atoms with van der Waals surface area (Å²) in [5.74, 6) is -0.0263. The highest BCUT2D eigenvalue weighted by Crippen LogP contribution is 2.21. The van der Waals surface area contributed by atoms with E-state index in [1.807, 2.05) is 6.07 Å². The van der Waals surface area contributed by atoms with Crippen LogP contribution >= 0.6 is 0 Å². The van der Waals surface area contributed by atoms with Gasteiger partial charge in [-0.1, -0.05) is 37.4 Å². The van der Waals surface area contributed by atoms with E-state index in [4.69, 9.17) is 4.74 Å². The van der Waals surface area contributed by atoms with Gasteiger partial charge in [-0.25, -0.2) is 0 Å². The first-order chi connectivity index (χ1) is 11.8. The fourth-order valence-corrected chi connectivity index (χ4v) is 2.09. The number of aliphatic hydroxyl groups excluding tert-OH is 1. The van der Waals surface area contributed by atoms with Gasteiger partial charge in [-0.2, -0.15) is 0 Å². The van der Waals surface area contributed by atoms with E-state index in [0.29, 0.717) is 16.7 Å². The van der Waals surface area contributed by atoms with E-state index in [1.165, 1.54) is 19.9 Å². The topological polar surface area (TPSA) is 63.6 Å². The molecular formula is C21H24O4. The summed E-state index contributed by atoms with van der Waals surface area (Å²) in [6.45, 7) is 12.6. The third-order valence-electron chi connectivity index (χ3n) is 3.53. The molecule has 0 heterocycles. The number of carbonyl (C=O) groups is 2. The predicted octanol–water partition coefficient (Wildman–Crippen LogP) is 4.54. The molecule has 4 heteroatoms. The van der Waals surface area contributed by atoms with Crippen molar-refractivity contribution in [2.45, 2.75) is 20.8 Å². The van der Waals surface area contributed by atoms with Crippen LogP contribution in [0.15, 0.2) is 54.8 Å². The summed E-state index contributed by atoms with van der Waals surface area (Å²) in [6.07, 6.45) is 4.84. The Kier molecular flexibility index (Phi) is 7.76. The fourth-order valence-electron chi connectivity index (χ4n) is 2.09. The van der Waals surface area contributed by atoms with Crippen LogP contribution < -0.4 is 0 Å². The van der Waals surface area contributed by atoms with Crippen LogP contribution in [0.5, 0.6) is 0 Å². The van der Waals surface area contributed by atoms with Crippen molar-refractivity contribution in [2.24, 2.45) is 0 Å². The molecule has 0 bridgehead atoms. The van der Waals surface area contributed by atoms with E-state index < -0.39 is 0 Å². The van der Waals surface area contributed by atoms with E-state index in [-0.39, 0.29) is 30.5 Å². The second-order valence-corrected chi connectivity index (χ2v) is 5.78. The van der Waals surface area contributed by atoms with Gasteiger partial charge in [0, 0.05) is 5.56 Å². The molecule has 0 fully saturated rings. The van der Waals surface area contributed by atoms with Gasteiger partial charge in [0.1, 0.15) is 12.4 Å². The minimum Gasteiger partial charge on any atom is -0.508 e. The van der Waals surface area contributed by atoms with Crippen LogP contribution in [0.25, 0.3) is 11.6 Å². The lowest BCUT2D eigenvalue weighted by Crippen LogP contribution is -2.06. The van der Waals surface area contributed by atoms with Crippen LogP contribution in [0.4, 0.5) is 0 Å². The molecule has 1 aromatic carbocycles. The molecule has 0 spiro atoms. The van der Waals surface area contributed by atoms with Gasteiger partial charge in [0.15, 0.2) is 11.6 Å². The molecule has 0 aliphatic carbocycles. The van der Waals surface area contributed by atoms with Crippen LogP contribution in [-0.4, -0.2) is 29.9 Å². The quantitative estimate of drug-likeness (QED) is 0.407. The Balaban J connectivity index is 2.87. The van der Waals surface area contributed by atoms with E-state index in [9.17, 15) is 14.7 Å². The number of Topliss-reactive ketones (excluding diaryl/α,β-unsaturated/α-hetero) is 2. The van der Waals surface area contributed by atoms with Gasteiger partial charge in [0.05, 0.1) is 6.61 Å². The molecule has 0 aliphatic rings. The van der Waals surface area contributed by atoms with Crippen LogP contribution in [0.2, 0.25) is 0 Å². The first kappa shape index (κ1) is 20.3. The Bertz CT molecular complexity index is 751.